The minimum atomic E-state index is -1.15. The zero-order valence-corrected chi connectivity index (χ0v) is 22.1. The number of aryl methyl sites for hydroxylation is 1. The first-order valence-corrected chi connectivity index (χ1v) is 18.7. The van der Waals surface area contributed by atoms with Crippen molar-refractivity contribution >= 4 is 27.1 Å². The average Bonchev–Trinajstić information content (AvgIpc) is 2.99. The Balaban J connectivity index is 2.18. The van der Waals surface area contributed by atoms with Crippen molar-refractivity contribution in [3.63, 3.8) is 0 Å². The number of hydrogen-bond acceptors (Lipinski definition) is 4. The lowest BCUT2D eigenvalue weighted by Gasteiger charge is -2.16. The van der Waals surface area contributed by atoms with Crippen LogP contribution < -0.4 is 5.56 Å². The molecular weight excluding hydrogens is 410 g/mol. The van der Waals surface area contributed by atoms with E-state index in [-0.39, 0.29) is 12.3 Å². The minimum absolute atomic E-state index is 0.0625. The third kappa shape index (κ3) is 7.79. The second-order valence-electron chi connectivity index (χ2n) is 10.6. The maximum Gasteiger partial charge on any atom is 0.278 e. The lowest BCUT2D eigenvalue weighted by Crippen LogP contribution is -2.26. The van der Waals surface area contributed by atoms with Gasteiger partial charge >= 0.3 is 0 Å². The normalized spacial score (nSPS) is 12.8. The predicted octanol–water partition coefficient (Wildman–Crippen LogP) is 5.17. The van der Waals surface area contributed by atoms with Crippen LogP contribution in [0.4, 0.5) is 0 Å². The van der Waals surface area contributed by atoms with Crippen molar-refractivity contribution in [1.82, 2.24) is 14.3 Å². The highest BCUT2D eigenvalue weighted by molar-refractivity contribution is 6.76. The molecule has 0 N–H and O–H groups in total. The van der Waals surface area contributed by atoms with Gasteiger partial charge in [0, 0.05) is 35.6 Å². The highest BCUT2D eigenvalue weighted by Crippen LogP contribution is 2.20. The van der Waals surface area contributed by atoms with Crippen molar-refractivity contribution in [3.05, 3.63) is 28.3 Å². The second kappa shape index (κ2) is 10.9. The topological polar surface area (TPSA) is 58.3 Å². The number of hydrogen-bond donors (Lipinski definition) is 0. The molecule has 2 heterocycles. The van der Waals surface area contributed by atoms with Crippen molar-refractivity contribution in [3.8, 4) is 0 Å². The minimum Gasteiger partial charge on any atom is -0.361 e. The Kier molecular flexibility index (Phi) is 9.08. The van der Waals surface area contributed by atoms with Gasteiger partial charge in [-0.25, -0.2) is 4.68 Å². The van der Waals surface area contributed by atoms with Crippen LogP contribution in [0.2, 0.25) is 51.4 Å². The summed E-state index contributed by atoms with van der Waals surface area (Å²) in [6.07, 6.45) is 6.91. The molecule has 2 aromatic heterocycles. The third-order valence-electron chi connectivity index (χ3n) is 5.20. The van der Waals surface area contributed by atoms with Crippen LogP contribution in [0, 0.1) is 0 Å². The van der Waals surface area contributed by atoms with Crippen LogP contribution in [0.1, 0.15) is 25.3 Å². The molecule has 0 saturated carbocycles. The van der Waals surface area contributed by atoms with Crippen LogP contribution in [0.15, 0.2) is 17.2 Å². The first-order chi connectivity index (χ1) is 14.0. The molecule has 0 fully saturated rings. The number of fused-ring (bicyclic) bond motifs is 1. The van der Waals surface area contributed by atoms with Gasteiger partial charge in [-0.3, -0.25) is 4.79 Å². The summed E-state index contributed by atoms with van der Waals surface area (Å²) in [5, 5.41) is 5.15. The first-order valence-electron chi connectivity index (χ1n) is 11.3. The molecule has 0 aliphatic heterocycles. The molecule has 6 nitrogen and oxygen atoms in total. The zero-order chi connectivity index (χ0) is 22.4. The summed E-state index contributed by atoms with van der Waals surface area (Å²) >= 11 is 0. The summed E-state index contributed by atoms with van der Waals surface area (Å²) in [6, 6.07) is 2.21. The summed E-state index contributed by atoms with van der Waals surface area (Å²) < 4.78 is 15.2. The van der Waals surface area contributed by atoms with E-state index in [1.807, 2.05) is 4.57 Å². The molecule has 30 heavy (non-hydrogen) atoms. The van der Waals surface area contributed by atoms with Gasteiger partial charge in [0.1, 0.15) is 13.5 Å². The molecule has 170 valence electrons. The van der Waals surface area contributed by atoms with E-state index in [1.165, 1.54) is 4.68 Å². The molecule has 0 radical (unpaired) electrons. The summed E-state index contributed by atoms with van der Waals surface area (Å²) in [7, 11) is -2.27. The van der Waals surface area contributed by atoms with Crippen LogP contribution in [-0.4, -0.2) is 43.7 Å². The number of unbranched alkanes of at least 4 members (excludes halogenated alkanes) is 1. The van der Waals surface area contributed by atoms with Gasteiger partial charge in [-0.2, -0.15) is 5.10 Å². The van der Waals surface area contributed by atoms with E-state index in [0.29, 0.717) is 13.3 Å². The van der Waals surface area contributed by atoms with Crippen molar-refractivity contribution < 1.29 is 9.47 Å². The molecule has 0 aliphatic rings. The van der Waals surface area contributed by atoms with Crippen LogP contribution >= 0.6 is 0 Å². The van der Waals surface area contributed by atoms with Gasteiger partial charge < -0.3 is 14.0 Å². The van der Waals surface area contributed by atoms with Crippen molar-refractivity contribution in [1.29, 1.82) is 0 Å². The molecule has 0 saturated heterocycles. The standard InChI is InChI=1S/C22H41N3O3Si2/c1-8-9-10-19-16-24(17-27-11-13-29(2,3)4)20-15-23-25(22(26)21(19)20)18-28-12-14-30(5,6)7/h15-16H,8-14,17-18H2,1-7H3. The van der Waals surface area contributed by atoms with Crippen molar-refractivity contribution in [2.75, 3.05) is 13.2 Å². The van der Waals surface area contributed by atoms with Crippen LogP contribution in [0.3, 0.4) is 0 Å². The van der Waals surface area contributed by atoms with Gasteiger partial charge in [-0.05, 0) is 30.5 Å². The Morgan fingerprint density at radius 2 is 1.57 bits per heavy atom. The fourth-order valence-corrected chi connectivity index (χ4v) is 4.66. The van der Waals surface area contributed by atoms with Gasteiger partial charge in [-0.1, -0.05) is 52.6 Å². The van der Waals surface area contributed by atoms with Gasteiger partial charge in [0.05, 0.1) is 17.1 Å². The van der Waals surface area contributed by atoms with Crippen molar-refractivity contribution in [2.45, 2.75) is 91.0 Å². The van der Waals surface area contributed by atoms with Crippen LogP contribution in [-0.2, 0) is 29.4 Å². The molecule has 0 bridgehead atoms. The Bertz CT molecular complexity index is 863. The maximum absolute atomic E-state index is 13.2. The SMILES string of the molecule is CCCCc1cn(COCC[Si](C)(C)C)c2cnn(COCC[Si](C)(C)C)c(=O)c12. The second-order valence-corrected chi connectivity index (χ2v) is 21.9. The van der Waals surface area contributed by atoms with E-state index in [9.17, 15) is 4.79 Å². The Morgan fingerprint density at radius 3 is 2.13 bits per heavy atom. The maximum atomic E-state index is 13.2. The van der Waals surface area contributed by atoms with Gasteiger partial charge in [0.15, 0.2) is 0 Å². The molecule has 2 aromatic rings. The summed E-state index contributed by atoms with van der Waals surface area (Å²) in [4.78, 5) is 13.2. The first kappa shape index (κ1) is 25.0. The highest BCUT2D eigenvalue weighted by Gasteiger charge is 2.17. The van der Waals surface area contributed by atoms with E-state index >= 15 is 0 Å². The third-order valence-corrected chi connectivity index (χ3v) is 8.61. The van der Waals surface area contributed by atoms with Gasteiger partial charge in [-0.15, -0.1) is 0 Å². The fraction of sp³-hybridized carbons (Fsp3) is 0.727. The van der Waals surface area contributed by atoms with E-state index in [0.717, 1.165) is 54.4 Å². The molecule has 8 heteroatoms. The number of ether oxygens (including phenoxy) is 2. The lowest BCUT2D eigenvalue weighted by atomic mass is 10.1. The number of nitrogens with zero attached hydrogens (tertiary/aromatic N) is 3. The Hall–Kier alpha value is -1.23. The Labute approximate surface area is 183 Å². The smallest absolute Gasteiger partial charge is 0.278 e. The monoisotopic (exact) mass is 451 g/mol. The lowest BCUT2D eigenvalue weighted by molar-refractivity contribution is 0.0752. The number of aromatic nitrogens is 3. The summed E-state index contributed by atoms with van der Waals surface area (Å²) in [5.74, 6) is 0. The highest BCUT2D eigenvalue weighted by atomic mass is 28.3. The molecule has 0 spiro atoms. The molecule has 0 amide bonds. The zero-order valence-electron chi connectivity index (χ0n) is 20.1. The van der Waals surface area contributed by atoms with Gasteiger partial charge in [0.2, 0.25) is 0 Å². The molecule has 2 rings (SSSR count). The predicted molar refractivity (Wildman–Crippen MR) is 131 cm³/mol. The molecule has 0 unspecified atom stereocenters. The quantitative estimate of drug-likeness (QED) is 0.311. The van der Waals surface area contributed by atoms with Gasteiger partial charge in [0.25, 0.3) is 5.56 Å². The molecule has 0 aromatic carbocycles. The molecule has 0 aliphatic carbocycles. The van der Waals surface area contributed by atoms with E-state index in [1.54, 1.807) is 6.20 Å². The molecule has 0 atom stereocenters. The van der Waals surface area contributed by atoms with Crippen molar-refractivity contribution in [2.24, 2.45) is 0 Å². The Morgan fingerprint density at radius 1 is 0.967 bits per heavy atom. The fourth-order valence-electron chi connectivity index (χ4n) is 3.15. The van der Waals surface area contributed by atoms with E-state index < -0.39 is 16.1 Å². The average molecular weight is 452 g/mol. The van der Waals surface area contributed by atoms with Crippen LogP contribution in [0.5, 0.6) is 0 Å². The summed E-state index contributed by atoms with van der Waals surface area (Å²) in [6.45, 7) is 18.3. The molecular formula is C22H41N3O3Si2. The largest absolute Gasteiger partial charge is 0.361 e. The summed E-state index contributed by atoms with van der Waals surface area (Å²) in [5.41, 5.74) is 1.88. The number of rotatable bonds is 13. The van der Waals surface area contributed by atoms with E-state index in [2.05, 4.69) is 57.5 Å². The van der Waals surface area contributed by atoms with Crippen LogP contribution in [0.25, 0.3) is 10.9 Å². The van der Waals surface area contributed by atoms with E-state index in [4.69, 9.17) is 9.47 Å².